The molecule has 0 aliphatic carbocycles. The summed E-state index contributed by atoms with van der Waals surface area (Å²) in [7, 11) is -3.15. The van der Waals surface area contributed by atoms with Gasteiger partial charge in [-0.25, -0.2) is 13.1 Å². The molecular formula is C17H37N5O2S. The van der Waals surface area contributed by atoms with Gasteiger partial charge in [0.25, 0.3) is 0 Å². The lowest BCUT2D eigenvalue weighted by atomic mass is 10.0. The zero-order valence-corrected chi connectivity index (χ0v) is 17.2. The third-order valence-electron chi connectivity index (χ3n) is 4.44. The first-order chi connectivity index (χ1) is 11.8. The lowest BCUT2D eigenvalue weighted by Crippen LogP contribution is -2.44. The molecule has 7 nitrogen and oxygen atoms in total. The summed E-state index contributed by atoms with van der Waals surface area (Å²) in [5.41, 5.74) is 0. The molecule has 0 bridgehead atoms. The SMILES string of the molecule is CCNC(=NCC(C(C)C)N1CCCCCC1)NCCNS(C)(=O)=O. The van der Waals surface area contributed by atoms with Crippen LogP contribution in [0.25, 0.3) is 0 Å². The van der Waals surface area contributed by atoms with E-state index in [1.54, 1.807) is 0 Å². The van der Waals surface area contributed by atoms with Gasteiger partial charge >= 0.3 is 0 Å². The van der Waals surface area contributed by atoms with Gasteiger partial charge in [-0.1, -0.05) is 26.7 Å². The van der Waals surface area contributed by atoms with Crippen LogP contribution < -0.4 is 15.4 Å². The first-order valence-corrected chi connectivity index (χ1v) is 11.4. The predicted molar refractivity (Wildman–Crippen MR) is 105 cm³/mol. The van der Waals surface area contributed by atoms with Crippen molar-refractivity contribution >= 4 is 16.0 Å². The van der Waals surface area contributed by atoms with Gasteiger partial charge in [0.1, 0.15) is 0 Å². The largest absolute Gasteiger partial charge is 0.357 e. The molecule has 148 valence electrons. The fourth-order valence-corrected chi connectivity index (χ4v) is 3.59. The molecule has 0 spiro atoms. The van der Waals surface area contributed by atoms with Gasteiger partial charge in [-0.2, -0.15) is 0 Å². The van der Waals surface area contributed by atoms with Crippen molar-refractivity contribution in [2.45, 2.75) is 52.5 Å². The fourth-order valence-electron chi connectivity index (χ4n) is 3.12. The molecule has 1 saturated heterocycles. The van der Waals surface area contributed by atoms with Crippen molar-refractivity contribution in [1.82, 2.24) is 20.3 Å². The monoisotopic (exact) mass is 375 g/mol. The Hall–Kier alpha value is -0.860. The van der Waals surface area contributed by atoms with Crippen molar-refractivity contribution in [3.05, 3.63) is 0 Å². The Bertz CT molecular complexity index is 485. The summed E-state index contributed by atoms with van der Waals surface area (Å²) in [4.78, 5) is 7.34. The molecule has 1 aliphatic heterocycles. The average molecular weight is 376 g/mol. The maximum Gasteiger partial charge on any atom is 0.208 e. The third-order valence-corrected chi connectivity index (χ3v) is 5.17. The minimum Gasteiger partial charge on any atom is -0.357 e. The van der Waals surface area contributed by atoms with Crippen LogP contribution in [0.3, 0.4) is 0 Å². The summed E-state index contributed by atoms with van der Waals surface area (Å²) in [6.45, 7) is 11.3. The maximum atomic E-state index is 11.1. The Balaban J connectivity index is 2.58. The van der Waals surface area contributed by atoms with Crippen LogP contribution in [0.4, 0.5) is 0 Å². The van der Waals surface area contributed by atoms with Gasteiger partial charge in [-0.05, 0) is 38.8 Å². The van der Waals surface area contributed by atoms with E-state index in [1.807, 2.05) is 6.92 Å². The number of hydrogen-bond acceptors (Lipinski definition) is 4. The van der Waals surface area contributed by atoms with Crippen LogP contribution in [0.2, 0.25) is 0 Å². The number of rotatable bonds is 9. The Labute approximate surface area is 154 Å². The third kappa shape index (κ3) is 10.0. The molecule has 0 radical (unpaired) electrons. The molecule has 3 N–H and O–H groups in total. The van der Waals surface area contributed by atoms with E-state index >= 15 is 0 Å². The second-order valence-corrected chi connectivity index (χ2v) is 8.91. The number of nitrogens with zero attached hydrogens (tertiary/aromatic N) is 2. The Morgan fingerprint density at radius 3 is 2.24 bits per heavy atom. The number of guanidine groups is 1. The Morgan fingerprint density at radius 1 is 1.08 bits per heavy atom. The van der Waals surface area contributed by atoms with Gasteiger partial charge in [0.15, 0.2) is 5.96 Å². The average Bonchev–Trinajstić information content (AvgIpc) is 2.79. The first-order valence-electron chi connectivity index (χ1n) is 9.54. The van der Waals surface area contributed by atoms with Crippen LogP contribution >= 0.6 is 0 Å². The van der Waals surface area contributed by atoms with Gasteiger partial charge in [0.05, 0.1) is 12.8 Å². The van der Waals surface area contributed by atoms with E-state index in [0.717, 1.165) is 19.0 Å². The minimum atomic E-state index is -3.15. The molecule has 1 rings (SSSR count). The zero-order valence-electron chi connectivity index (χ0n) is 16.3. The Kier molecular flexibility index (Phi) is 10.4. The van der Waals surface area contributed by atoms with Gasteiger partial charge in [0, 0.05) is 25.7 Å². The molecule has 25 heavy (non-hydrogen) atoms. The van der Waals surface area contributed by atoms with E-state index < -0.39 is 10.0 Å². The van der Waals surface area contributed by atoms with Gasteiger partial charge in [-0.15, -0.1) is 0 Å². The molecule has 0 amide bonds. The summed E-state index contributed by atoms with van der Waals surface area (Å²) >= 11 is 0. The smallest absolute Gasteiger partial charge is 0.208 e. The Morgan fingerprint density at radius 2 is 1.72 bits per heavy atom. The van der Waals surface area contributed by atoms with Crippen LogP contribution in [0.1, 0.15) is 46.5 Å². The van der Waals surface area contributed by atoms with Crippen LogP contribution in [0, 0.1) is 5.92 Å². The van der Waals surface area contributed by atoms with E-state index in [4.69, 9.17) is 4.99 Å². The molecule has 1 fully saturated rings. The van der Waals surface area contributed by atoms with Crippen LogP contribution in [-0.4, -0.2) is 70.8 Å². The molecule has 1 atom stereocenters. The zero-order chi connectivity index (χ0) is 18.7. The lowest BCUT2D eigenvalue weighted by Gasteiger charge is -2.32. The van der Waals surface area contributed by atoms with Gasteiger partial charge in [-0.3, -0.25) is 9.89 Å². The number of nitrogens with one attached hydrogen (secondary N) is 3. The number of hydrogen-bond donors (Lipinski definition) is 3. The maximum absolute atomic E-state index is 11.1. The van der Waals surface area contributed by atoms with Crippen molar-refractivity contribution in [3.63, 3.8) is 0 Å². The summed E-state index contributed by atoms with van der Waals surface area (Å²) in [5, 5.41) is 6.43. The van der Waals surface area contributed by atoms with Crippen molar-refractivity contribution in [2.24, 2.45) is 10.9 Å². The second-order valence-electron chi connectivity index (χ2n) is 7.07. The molecule has 0 aromatic heterocycles. The summed E-state index contributed by atoms with van der Waals surface area (Å²) in [6.07, 6.45) is 6.40. The van der Waals surface area contributed by atoms with E-state index in [1.165, 1.54) is 45.0 Å². The summed E-state index contributed by atoms with van der Waals surface area (Å²) in [6, 6.07) is 0.447. The van der Waals surface area contributed by atoms with Crippen molar-refractivity contribution < 1.29 is 8.42 Å². The van der Waals surface area contributed by atoms with Crippen molar-refractivity contribution in [1.29, 1.82) is 0 Å². The highest BCUT2D eigenvalue weighted by molar-refractivity contribution is 7.88. The molecule has 0 saturated carbocycles. The first kappa shape index (κ1) is 22.2. The number of aliphatic imine (C=N–C) groups is 1. The van der Waals surface area contributed by atoms with E-state index in [0.29, 0.717) is 25.0 Å². The quantitative estimate of drug-likeness (QED) is 0.318. The fraction of sp³-hybridized carbons (Fsp3) is 0.941. The highest BCUT2D eigenvalue weighted by Crippen LogP contribution is 2.17. The highest BCUT2D eigenvalue weighted by Gasteiger charge is 2.22. The van der Waals surface area contributed by atoms with Gasteiger partial charge in [0.2, 0.25) is 10.0 Å². The van der Waals surface area contributed by atoms with Crippen LogP contribution in [0.5, 0.6) is 0 Å². The highest BCUT2D eigenvalue weighted by atomic mass is 32.2. The normalized spacial score (nSPS) is 18.8. The topological polar surface area (TPSA) is 85.8 Å². The van der Waals surface area contributed by atoms with Crippen molar-refractivity contribution in [2.75, 3.05) is 45.5 Å². The van der Waals surface area contributed by atoms with E-state index in [-0.39, 0.29) is 0 Å². The van der Waals surface area contributed by atoms with E-state index in [2.05, 4.69) is 34.1 Å². The molecular weight excluding hydrogens is 338 g/mol. The number of sulfonamides is 1. The second kappa shape index (κ2) is 11.7. The van der Waals surface area contributed by atoms with Gasteiger partial charge < -0.3 is 10.6 Å². The molecule has 1 aliphatic rings. The molecule has 1 unspecified atom stereocenters. The molecule has 0 aromatic carbocycles. The van der Waals surface area contributed by atoms with Crippen molar-refractivity contribution in [3.8, 4) is 0 Å². The van der Waals surface area contributed by atoms with Crippen LogP contribution in [-0.2, 0) is 10.0 Å². The summed E-state index contributed by atoms with van der Waals surface area (Å²) < 4.78 is 24.7. The predicted octanol–water partition coefficient (Wildman–Crippen LogP) is 0.991. The van der Waals surface area contributed by atoms with Crippen LogP contribution in [0.15, 0.2) is 4.99 Å². The molecule has 1 heterocycles. The molecule has 0 aromatic rings. The van der Waals surface area contributed by atoms with E-state index in [9.17, 15) is 8.42 Å². The molecule has 8 heteroatoms. The summed E-state index contributed by atoms with van der Waals surface area (Å²) in [5.74, 6) is 1.30. The standard InChI is InChI=1S/C17H37N5O2S/c1-5-18-17(19-10-11-21-25(4,23)24)20-14-16(15(2)3)22-12-8-6-7-9-13-22/h15-16,21H,5-14H2,1-4H3,(H2,18,19,20). The number of likely N-dealkylation sites (tertiary alicyclic amines) is 1. The minimum absolute atomic E-state index is 0.350. The lowest BCUT2D eigenvalue weighted by molar-refractivity contribution is 0.166.